The number of nitrogens with zero attached hydrogens (tertiary/aromatic N) is 2. The van der Waals surface area contributed by atoms with E-state index in [1.54, 1.807) is 0 Å². The largest absolute Gasteiger partial charge is 0.435 e. The fourth-order valence-electron chi connectivity index (χ4n) is 1.17. The first-order chi connectivity index (χ1) is 7.51. The summed E-state index contributed by atoms with van der Waals surface area (Å²) in [6.07, 6.45) is -11.1. The molecule has 1 heterocycles. The molecule has 0 spiro atoms. The number of rotatable bonds is 2. The SMILES string of the molecule is CC(O)Cn1nc(C(F)(F)F)cc1C(F)(F)F. The number of hydrogen-bond donors (Lipinski definition) is 1. The zero-order chi connectivity index (χ0) is 13.4. The minimum absolute atomic E-state index is 0.0810. The smallest absolute Gasteiger partial charge is 0.391 e. The summed E-state index contributed by atoms with van der Waals surface area (Å²) in [5.41, 5.74) is -3.17. The van der Waals surface area contributed by atoms with Crippen LogP contribution in [0.3, 0.4) is 0 Å². The second-order valence-electron chi connectivity index (χ2n) is 3.44. The van der Waals surface area contributed by atoms with Gasteiger partial charge in [-0.1, -0.05) is 0 Å². The van der Waals surface area contributed by atoms with Crippen LogP contribution < -0.4 is 0 Å². The second kappa shape index (κ2) is 4.21. The fraction of sp³-hybridized carbons (Fsp3) is 0.625. The minimum atomic E-state index is -4.95. The maximum absolute atomic E-state index is 12.4. The molecule has 1 rings (SSSR count). The number of aliphatic hydroxyl groups excluding tert-OH is 1. The molecule has 0 aliphatic carbocycles. The summed E-state index contributed by atoms with van der Waals surface area (Å²) in [6.45, 7) is 0.486. The molecule has 9 heteroatoms. The van der Waals surface area contributed by atoms with Crippen molar-refractivity contribution in [1.29, 1.82) is 0 Å². The average Bonchev–Trinajstić information content (AvgIpc) is 2.44. The van der Waals surface area contributed by atoms with E-state index >= 15 is 0 Å². The highest BCUT2D eigenvalue weighted by Crippen LogP contribution is 2.35. The third-order valence-electron chi connectivity index (χ3n) is 1.80. The Morgan fingerprint density at radius 2 is 1.76 bits per heavy atom. The molecular weight excluding hydrogens is 254 g/mol. The van der Waals surface area contributed by atoms with Crippen LogP contribution in [-0.4, -0.2) is 21.0 Å². The molecule has 1 N–H and O–H groups in total. The lowest BCUT2D eigenvalue weighted by molar-refractivity contribution is -0.144. The molecule has 3 nitrogen and oxygen atoms in total. The first-order valence-electron chi connectivity index (χ1n) is 4.42. The van der Waals surface area contributed by atoms with Crippen LogP contribution in [0.25, 0.3) is 0 Å². The van der Waals surface area contributed by atoms with Crippen molar-refractivity contribution >= 4 is 0 Å². The van der Waals surface area contributed by atoms with Crippen LogP contribution in [0.5, 0.6) is 0 Å². The van der Waals surface area contributed by atoms with Crippen LogP contribution in [0.15, 0.2) is 6.07 Å². The zero-order valence-corrected chi connectivity index (χ0v) is 8.47. The van der Waals surface area contributed by atoms with Crippen LogP contribution in [-0.2, 0) is 18.9 Å². The lowest BCUT2D eigenvalue weighted by atomic mass is 10.3. The van der Waals surface area contributed by atoms with Gasteiger partial charge >= 0.3 is 12.4 Å². The predicted molar refractivity (Wildman–Crippen MR) is 43.9 cm³/mol. The van der Waals surface area contributed by atoms with E-state index in [0.717, 1.165) is 6.92 Å². The first-order valence-corrected chi connectivity index (χ1v) is 4.42. The van der Waals surface area contributed by atoms with Gasteiger partial charge in [-0.3, -0.25) is 4.68 Å². The van der Waals surface area contributed by atoms with Gasteiger partial charge in [-0.2, -0.15) is 31.4 Å². The van der Waals surface area contributed by atoms with Gasteiger partial charge in [0.1, 0.15) is 5.69 Å². The van der Waals surface area contributed by atoms with Gasteiger partial charge in [0.05, 0.1) is 12.6 Å². The van der Waals surface area contributed by atoms with Gasteiger partial charge in [-0.15, -0.1) is 0 Å². The standard InChI is InChI=1S/C8H8F6N2O/c1-4(17)3-16-6(8(12,13)14)2-5(15-16)7(9,10)11/h2,4,17H,3H2,1H3. The van der Waals surface area contributed by atoms with E-state index in [1.165, 1.54) is 0 Å². The van der Waals surface area contributed by atoms with E-state index in [1.807, 2.05) is 0 Å². The van der Waals surface area contributed by atoms with E-state index in [4.69, 9.17) is 5.11 Å². The van der Waals surface area contributed by atoms with Crippen molar-refractivity contribution in [3.63, 3.8) is 0 Å². The monoisotopic (exact) mass is 262 g/mol. The molecule has 0 aromatic carbocycles. The molecule has 0 saturated heterocycles. The van der Waals surface area contributed by atoms with Gasteiger partial charge in [0.2, 0.25) is 0 Å². The van der Waals surface area contributed by atoms with Gasteiger partial charge < -0.3 is 5.11 Å². The molecule has 0 saturated carbocycles. The summed E-state index contributed by atoms with van der Waals surface area (Å²) in [7, 11) is 0. The zero-order valence-electron chi connectivity index (χ0n) is 8.47. The molecule has 98 valence electrons. The Hall–Kier alpha value is -1.25. The molecule has 17 heavy (non-hydrogen) atoms. The van der Waals surface area contributed by atoms with Gasteiger partial charge in [0.25, 0.3) is 0 Å². The van der Waals surface area contributed by atoms with Crippen molar-refractivity contribution in [2.24, 2.45) is 0 Å². The fourth-order valence-corrected chi connectivity index (χ4v) is 1.17. The Morgan fingerprint density at radius 3 is 2.12 bits per heavy atom. The highest BCUT2D eigenvalue weighted by molar-refractivity contribution is 5.16. The lowest BCUT2D eigenvalue weighted by Gasteiger charge is -2.11. The van der Waals surface area contributed by atoms with Crippen molar-refractivity contribution in [3.05, 3.63) is 17.5 Å². The first kappa shape index (κ1) is 13.8. The molecule has 0 aliphatic heterocycles. The van der Waals surface area contributed by atoms with Crippen LogP contribution in [0.1, 0.15) is 18.3 Å². The molecular formula is C8H8F6N2O. The summed E-state index contributed by atoms with van der Waals surface area (Å²) in [6, 6.07) is -0.0810. The third kappa shape index (κ3) is 3.35. The molecule has 0 bridgehead atoms. The van der Waals surface area contributed by atoms with Crippen LogP contribution >= 0.6 is 0 Å². The molecule has 0 amide bonds. The Labute approximate surface area is 91.7 Å². The summed E-state index contributed by atoms with van der Waals surface area (Å²) in [4.78, 5) is 0. The van der Waals surface area contributed by atoms with Crippen molar-refractivity contribution < 1.29 is 31.4 Å². The summed E-state index contributed by atoms with van der Waals surface area (Å²) in [5, 5.41) is 11.7. The molecule has 1 aromatic heterocycles. The van der Waals surface area contributed by atoms with Gasteiger partial charge in [-0.25, -0.2) is 0 Å². The van der Waals surface area contributed by atoms with Crippen LogP contribution in [0.2, 0.25) is 0 Å². The number of aliphatic hydroxyl groups is 1. The van der Waals surface area contributed by atoms with Gasteiger partial charge in [-0.05, 0) is 6.92 Å². The van der Waals surface area contributed by atoms with Gasteiger partial charge in [0, 0.05) is 6.07 Å². The highest BCUT2D eigenvalue weighted by atomic mass is 19.4. The van der Waals surface area contributed by atoms with Crippen LogP contribution in [0.4, 0.5) is 26.3 Å². The number of hydrogen-bond acceptors (Lipinski definition) is 2. The average molecular weight is 262 g/mol. The molecule has 0 aliphatic rings. The lowest BCUT2D eigenvalue weighted by Crippen LogP contribution is -2.20. The van der Waals surface area contributed by atoms with E-state index in [2.05, 4.69) is 5.10 Å². The van der Waals surface area contributed by atoms with Crippen molar-refractivity contribution in [2.75, 3.05) is 0 Å². The second-order valence-corrected chi connectivity index (χ2v) is 3.44. The Bertz CT molecular complexity index is 392. The van der Waals surface area contributed by atoms with E-state index < -0.39 is 36.4 Å². The quantitative estimate of drug-likeness (QED) is 0.830. The van der Waals surface area contributed by atoms with Crippen molar-refractivity contribution in [2.45, 2.75) is 31.9 Å². The Balaban J connectivity index is 3.22. The highest BCUT2D eigenvalue weighted by Gasteiger charge is 2.41. The molecule has 1 atom stereocenters. The molecule has 1 aromatic rings. The Kier molecular flexibility index (Phi) is 3.42. The van der Waals surface area contributed by atoms with E-state index in [-0.39, 0.29) is 10.7 Å². The van der Waals surface area contributed by atoms with E-state index in [0.29, 0.717) is 0 Å². The molecule has 1 unspecified atom stereocenters. The number of aromatic nitrogens is 2. The number of alkyl halides is 6. The summed E-state index contributed by atoms with van der Waals surface area (Å²) >= 11 is 0. The van der Waals surface area contributed by atoms with Crippen molar-refractivity contribution in [1.82, 2.24) is 9.78 Å². The maximum atomic E-state index is 12.4. The number of halogens is 6. The maximum Gasteiger partial charge on any atom is 0.435 e. The van der Waals surface area contributed by atoms with Crippen LogP contribution in [0, 0.1) is 0 Å². The van der Waals surface area contributed by atoms with E-state index in [9.17, 15) is 26.3 Å². The van der Waals surface area contributed by atoms with Crippen molar-refractivity contribution in [3.8, 4) is 0 Å². The van der Waals surface area contributed by atoms with Gasteiger partial charge in [0.15, 0.2) is 5.69 Å². The molecule has 0 radical (unpaired) electrons. The topological polar surface area (TPSA) is 38.0 Å². The third-order valence-corrected chi connectivity index (χ3v) is 1.80. The predicted octanol–water partition coefficient (Wildman–Crippen LogP) is 2.30. The summed E-state index contributed by atoms with van der Waals surface area (Å²) in [5.74, 6) is 0. The molecule has 0 fully saturated rings. The minimum Gasteiger partial charge on any atom is -0.391 e. The summed E-state index contributed by atoms with van der Waals surface area (Å²) < 4.78 is 73.9. The normalized spacial score (nSPS) is 15.1. The Morgan fingerprint density at radius 1 is 1.24 bits per heavy atom.